The highest BCUT2D eigenvalue weighted by Gasteiger charge is 2.38. The second-order valence-electron chi connectivity index (χ2n) is 6.76. The second-order valence-corrected chi connectivity index (χ2v) is 7.90. The van der Waals surface area contributed by atoms with Gasteiger partial charge < -0.3 is 0 Å². The number of rotatable bonds is 3. The van der Waals surface area contributed by atoms with Crippen molar-refractivity contribution in [2.24, 2.45) is 22.9 Å². The monoisotopic (exact) mass is 314 g/mol. The fourth-order valence-electron chi connectivity index (χ4n) is 3.90. The van der Waals surface area contributed by atoms with E-state index in [9.17, 15) is 4.79 Å². The fraction of sp³-hybridized carbons (Fsp3) is 0.556. The average molecular weight is 314 g/mol. The quantitative estimate of drug-likeness (QED) is 0.666. The van der Waals surface area contributed by atoms with Crippen LogP contribution in [0.15, 0.2) is 23.3 Å². The molecule has 0 bridgehead atoms. The molecule has 3 aliphatic carbocycles. The standard InChI is InChI=1S/C18H22N2OS/c1-2-11-6-7-16-13(8-11)10-17(22-16)18(21)20-19-15-9-12-4-3-5-14(12)15/h3-4,10-12,14H,2,5-9H2,1H3,(H,20,21)/t11-,12-,14+/m1/s1. The summed E-state index contributed by atoms with van der Waals surface area (Å²) in [6.07, 6.45) is 11.4. The van der Waals surface area contributed by atoms with Crippen LogP contribution in [0.4, 0.5) is 0 Å². The SMILES string of the molecule is CC[C@@H]1CCc2sc(C(=O)NN=C3C[C@H]4C=CC[C@H]34)cc2C1. The van der Waals surface area contributed by atoms with Gasteiger partial charge in [0.25, 0.3) is 5.91 Å². The summed E-state index contributed by atoms with van der Waals surface area (Å²) in [4.78, 5) is 14.6. The maximum Gasteiger partial charge on any atom is 0.281 e. The Balaban J connectivity index is 1.41. The van der Waals surface area contributed by atoms with Crippen molar-refractivity contribution in [2.45, 2.75) is 45.4 Å². The van der Waals surface area contributed by atoms with Crippen molar-refractivity contribution in [3.05, 3.63) is 33.5 Å². The number of hydrazone groups is 1. The molecular weight excluding hydrogens is 292 g/mol. The molecule has 3 atom stereocenters. The van der Waals surface area contributed by atoms with Gasteiger partial charge in [0.15, 0.2) is 0 Å². The minimum atomic E-state index is -0.0330. The summed E-state index contributed by atoms with van der Waals surface area (Å²) in [5.41, 5.74) is 5.34. The van der Waals surface area contributed by atoms with E-state index in [1.807, 2.05) is 0 Å². The van der Waals surface area contributed by atoms with Gasteiger partial charge in [-0.3, -0.25) is 4.79 Å². The largest absolute Gasteiger partial charge is 0.281 e. The maximum atomic E-state index is 12.3. The first kappa shape index (κ1) is 14.2. The zero-order chi connectivity index (χ0) is 15.1. The Morgan fingerprint density at radius 3 is 3.18 bits per heavy atom. The maximum absolute atomic E-state index is 12.3. The molecule has 1 heterocycles. The summed E-state index contributed by atoms with van der Waals surface area (Å²) in [7, 11) is 0. The van der Waals surface area contributed by atoms with Gasteiger partial charge in [0, 0.05) is 16.5 Å². The van der Waals surface area contributed by atoms with Gasteiger partial charge in [-0.25, -0.2) is 5.43 Å². The highest BCUT2D eigenvalue weighted by Crippen LogP contribution is 2.40. The van der Waals surface area contributed by atoms with Crippen LogP contribution in [0.1, 0.15) is 52.7 Å². The number of fused-ring (bicyclic) bond motifs is 2. The number of nitrogens with one attached hydrogen (secondary N) is 1. The number of thiophene rings is 1. The van der Waals surface area contributed by atoms with Crippen molar-refractivity contribution in [3.8, 4) is 0 Å². The van der Waals surface area contributed by atoms with Crippen molar-refractivity contribution in [2.75, 3.05) is 0 Å². The summed E-state index contributed by atoms with van der Waals surface area (Å²) in [6.45, 7) is 2.26. The molecule has 1 saturated carbocycles. The summed E-state index contributed by atoms with van der Waals surface area (Å²) < 4.78 is 0. The van der Waals surface area contributed by atoms with E-state index in [1.54, 1.807) is 11.3 Å². The van der Waals surface area contributed by atoms with E-state index >= 15 is 0 Å². The molecule has 1 aromatic heterocycles. The Labute approximate surface area is 135 Å². The molecular formula is C18H22N2OS. The molecule has 1 aromatic rings. The van der Waals surface area contributed by atoms with Crippen LogP contribution < -0.4 is 5.43 Å². The first-order chi connectivity index (χ1) is 10.7. The van der Waals surface area contributed by atoms with Crippen molar-refractivity contribution in [1.29, 1.82) is 0 Å². The van der Waals surface area contributed by atoms with E-state index in [-0.39, 0.29) is 5.91 Å². The molecule has 1 N–H and O–H groups in total. The van der Waals surface area contributed by atoms with Crippen LogP contribution in [0, 0.1) is 17.8 Å². The van der Waals surface area contributed by atoms with Gasteiger partial charge in [-0.2, -0.15) is 5.10 Å². The van der Waals surface area contributed by atoms with E-state index in [0.717, 1.165) is 42.2 Å². The molecule has 0 spiro atoms. The topological polar surface area (TPSA) is 41.5 Å². The van der Waals surface area contributed by atoms with Gasteiger partial charge in [0.05, 0.1) is 4.88 Å². The molecule has 0 aliphatic heterocycles. The molecule has 3 nitrogen and oxygen atoms in total. The fourth-order valence-corrected chi connectivity index (χ4v) is 5.00. The van der Waals surface area contributed by atoms with Crippen LogP contribution in [-0.4, -0.2) is 11.6 Å². The van der Waals surface area contributed by atoms with Crippen molar-refractivity contribution >= 4 is 23.0 Å². The summed E-state index contributed by atoms with van der Waals surface area (Å²) in [5, 5.41) is 4.37. The highest BCUT2D eigenvalue weighted by atomic mass is 32.1. The molecule has 0 radical (unpaired) electrons. The number of hydrogen-bond acceptors (Lipinski definition) is 3. The zero-order valence-corrected chi connectivity index (χ0v) is 13.8. The van der Waals surface area contributed by atoms with E-state index in [2.05, 4.69) is 35.7 Å². The molecule has 0 saturated heterocycles. The van der Waals surface area contributed by atoms with Crippen molar-refractivity contribution in [3.63, 3.8) is 0 Å². The second kappa shape index (κ2) is 5.65. The molecule has 0 aromatic carbocycles. The smallest absolute Gasteiger partial charge is 0.266 e. The molecule has 1 fully saturated rings. The normalized spacial score (nSPS) is 30.8. The Morgan fingerprint density at radius 1 is 1.45 bits per heavy atom. The Kier molecular flexibility index (Phi) is 3.65. The van der Waals surface area contributed by atoms with E-state index in [1.165, 1.54) is 23.3 Å². The number of amides is 1. The Hall–Kier alpha value is -1.42. The van der Waals surface area contributed by atoms with Crippen LogP contribution >= 0.6 is 11.3 Å². The number of nitrogens with zero attached hydrogens (tertiary/aromatic N) is 1. The third kappa shape index (κ3) is 2.43. The number of aryl methyl sites for hydroxylation is 1. The minimum absolute atomic E-state index is 0.0330. The highest BCUT2D eigenvalue weighted by molar-refractivity contribution is 7.14. The lowest BCUT2D eigenvalue weighted by molar-refractivity contribution is 0.0958. The third-order valence-corrected chi connectivity index (χ3v) is 6.69. The van der Waals surface area contributed by atoms with Gasteiger partial charge in [0.2, 0.25) is 0 Å². The first-order valence-electron chi connectivity index (χ1n) is 8.39. The number of hydrogen-bond donors (Lipinski definition) is 1. The predicted molar refractivity (Wildman–Crippen MR) is 90.4 cm³/mol. The molecule has 4 heteroatoms. The average Bonchev–Trinajstić information content (AvgIpc) is 3.10. The molecule has 3 aliphatic rings. The van der Waals surface area contributed by atoms with Gasteiger partial charge in [-0.15, -0.1) is 11.3 Å². The zero-order valence-electron chi connectivity index (χ0n) is 13.0. The molecule has 0 unspecified atom stereocenters. The van der Waals surface area contributed by atoms with Crippen molar-refractivity contribution in [1.82, 2.24) is 5.43 Å². The van der Waals surface area contributed by atoms with Crippen LogP contribution in [0.5, 0.6) is 0 Å². The van der Waals surface area contributed by atoms with Crippen LogP contribution in [0.3, 0.4) is 0 Å². The Bertz CT molecular complexity index is 658. The van der Waals surface area contributed by atoms with Gasteiger partial charge in [-0.1, -0.05) is 25.5 Å². The number of allylic oxidation sites excluding steroid dienone is 2. The predicted octanol–water partition coefficient (Wildman–Crippen LogP) is 3.94. The van der Waals surface area contributed by atoms with Gasteiger partial charge in [-0.05, 0) is 55.6 Å². The lowest BCUT2D eigenvalue weighted by Crippen LogP contribution is -2.35. The lowest BCUT2D eigenvalue weighted by Gasteiger charge is -2.31. The number of carbonyl (C=O) groups is 1. The van der Waals surface area contributed by atoms with E-state index in [4.69, 9.17) is 0 Å². The lowest BCUT2D eigenvalue weighted by atomic mass is 9.74. The molecule has 1 amide bonds. The summed E-state index contributed by atoms with van der Waals surface area (Å²) in [6, 6.07) is 2.10. The number of carbonyl (C=O) groups excluding carboxylic acids is 1. The van der Waals surface area contributed by atoms with E-state index < -0.39 is 0 Å². The van der Waals surface area contributed by atoms with Crippen LogP contribution in [0.25, 0.3) is 0 Å². The first-order valence-corrected chi connectivity index (χ1v) is 9.21. The molecule has 116 valence electrons. The van der Waals surface area contributed by atoms with Crippen molar-refractivity contribution < 1.29 is 4.79 Å². The molecule has 22 heavy (non-hydrogen) atoms. The van der Waals surface area contributed by atoms with Gasteiger partial charge in [0.1, 0.15) is 0 Å². The third-order valence-electron chi connectivity index (χ3n) is 5.45. The summed E-state index contributed by atoms with van der Waals surface area (Å²) >= 11 is 1.66. The van der Waals surface area contributed by atoms with Crippen LogP contribution in [0.2, 0.25) is 0 Å². The van der Waals surface area contributed by atoms with Crippen LogP contribution in [-0.2, 0) is 12.8 Å². The van der Waals surface area contributed by atoms with E-state index in [0.29, 0.717) is 11.8 Å². The minimum Gasteiger partial charge on any atom is -0.266 e. The Morgan fingerprint density at radius 2 is 2.36 bits per heavy atom. The summed E-state index contributed by atoms with van der Waals surface area (Å²) in [5.74, 6) is 1.99. The van der Waals surface area contributed by atoms with Gasteiger partial charge >= 0.3 is 0 Å². The molecule has 4 rings (SSSR count).